The molecule has 1 aromatic carbocycles. The van der Waals surface area contributed by atoms with E-state index >= 15 is 0 Å². The maximum Gasteiger partial charge on any atom is 0.214 e. The third-order valence-corrected chi connectivity index (χ3v) is 2.87. The van der Waals surface area contributed by atoms with Gasteiger partial charge in [0.15, 0.2) is 7.05 Å². The van der Waals surface area contributed by atoms with Crippen molar-refractivity contribution in [1.29, 1.82) is 0 Å². The van der Waals surface area contributed by atoms with Crippen LogP contribution >= 0.6 is 0 Å². The van der Waals surface area contributed by atoms with E-state index in [0.29, 0.717) is 10.9 Å². The van der Waals surface area contributed by atoms with Crippen molar-refractivity contribution in [2.24, 2.45) is 7.05 Å². The normalized spacial score (nSPS) is 11.9. The summed E-state index contributed by atoms with van der Waals surface area (Å²) in [7, 11) is -2.89. The average molecular weight is 224 g/mol. The standard InChI is InChI=1S/C9H8N2O3S/c1-11-6-9(15(12,13)14)7-4-2-3-5-8(7)10-11/h2-6H,1H3. The summed E-state index contributed by atoms with van der Waals surface area (Å²) < 4.78 is 34.3. The molecular weight excluding hydrogens is 216 g/mol. The molecule has 6 heteroatoms. The van der Waals surface area contributed by atoms with Crippen LogP contribution < -0.4 is 4.68 Å². The molecule has 15 heavy (non-hydrogen) atoms. The fourth-order valence-corrected chi connectivity index (χ4v) is 2.13. The molecule has 0 saturated carbocycles. The van der Waals surface area contributed by atoms with E-state index in [1.807, 2.05) is 0 Å². The van der Waals surface area contributed by atoms with Crippen LogP contribution in [0.2, 0.25) is 0 Å². The highest BCUT2D eigenvalue weighted by molar-refractivity contribution is 7.86. The molecule has 0 aliphatic rings. The van der Waals surface area contributed by atoms with Crippen molar-refractivity contribution in [2.45, 2.75) is 4.90 Å². The first-order valence-electron chi connectivity index (χ1n) is 4.20. The zero-order valence-electron chi connectivity index (χ0n) is 7.91. The lowest BCUT2D eigenvalue weighted by Crippen LogP contribution is -2.33. The average Bonchev–Trinajstić information content (AvgIpc) is 2.15. The first kappa shape index (κ1) is 10.0. The number of aromatic nitrogens is 2. The molecule has 5 nitrogen and oxygen atoms in total. The Morgan fingerprint density at radius 2 is 2.00 bits per heavy atom. The maximum absolute atomic E-state index is 11.0. The van der Waals surface area contributed by atoms with Crippen LogP contribution in [0.1, 0.15) is 0 Å². The van der Waals surface area contributed by atoms with Gasteiger partial charge in [0, 0.05) is 5.39 Å². The molecule has 0 radical (unpaired) electrons. The Labute approximate surface area is 86.7 Å². The summed E-state index contributed by atoms with van der Waals surface area (Å²) >= 11 is 0. The number of benzene rings is 1. The van der Waals surface area contributed by atoms with Gasteiger partial charge in [-0.3, -0.25) is 0 Å². The second-order valence-electron chi connectivity index (χ2n) is 3.14. The van der Waals surface area contributed by atoms with E-state index < -0.39 is 10.1 Å². The Kier molecular flexibility index (Phi) is 2.17. The van der Waals surface area contributed by atoms with Crippen molar-refractivity contribution in [3.05, 3.63) is 30.5 Å². The van der Waals surface area contributed by atoms with Gasteiger partial charge in [-0.1, -0.05) is 22.9 Å². The summed E-state index contributed by atoms with van der Waals surface area (Å²) in [6.07, 6.45) is 1.21. The lowest BCUT2D eigenvalue weighted by molar-refractivity contribution is -0.730. The van der Waals surface area contributed by atoms with Gasteiger partial charge in [0.2, 0.25) is 6.20 Å². The van der Waals surface area contributed by atoms with Gasteiger partial charge >= 0.3 is 0 Å². The van der Waals surface area contributed by atoms with Gasteiger partial charge in [-0.15, -0.1) is 0 Å². The Morgan fingerprint density at radius 1 is 1.33 bits per heavy atom. The van der Waals surface area contributed by atoms with E-state index in [4.69, 9.17) is 0 Å². The van der Waals surface area contributed by atoms with Crippen LogP contribution in [0, 0.1) is 0 Å². The lowest BCUT2D eigenvalue weighted by atomic mass is 10.2. The van der Waals surface area contributed by atoms with E-state index in [0.717, 1.165) is 0 Å². The highest BCUT2D eigenvalue weighted by Crippen LogP contribution is 2.18. The number of nitrogens with zero attached hydrogens (tertiary/aromatic N) is 2. The van der Waals surface area contributed by atoms with Gasteiger partial charge < -0.3 is 4.55 Å². The number of fused-ring (bicyclic) bond motifs is 1. The zero-order valence-corrected chi connectivity index (χ0v) is 8.73. The number of hydrogen-bond donors (Lipinski definition) is 0. The molecule has 0 spiro atoms. The second-order valence-corrected chi connectivity index (χ2v) is 4.49. The van der Waals surface area contributed by atoms with E-state index in [2.05, 4.69) is 5.10 Å². The summed E-state index contributed by atoms with van der Waals surface area (Å²) in [5, 5.41) is 4.42. The predicted octanol–water partition coefficient (Wildman–Crippen LogP) is -0.0366. The third-order valence-electron chi connectivity index (χ3n) is 2.01. The summed E-state index contributed by atoms with van der Waals surface area (Å²) in [5.41, 5.74) is 0.483. The summed E-state index contributed by atoms with van der Waals surface area (Å²) in [4.78, 5) is -0.240. The first-order chi connectivity index (χ1) is 6.98. The van der Waals surface area contributed by atoms with Gasteiger partial charge in [0.1, 0.15) is 20.5 Å². The molecule has 0 aliphatic heterocycles. The van der Waals surface area contributed by atoms with Crippen molar-refractivity contribution in [1.82, 2.24) is 5.10 Å². The fourth-order valence-electron chi connectivity index (χ4n) is 1.41. The molecule has 1 heterocycles. The number of aryl methyl sites for hydroxylation is 1. The van der Waals surface area contributed by atoms with Gasteiger partial charge in [-0.2, -0.15) is 0 Å². The first-order valence-corrected chi connectivity index (χ1v) is 5.61. The van der Waals surface area contributed by atoms with Gasteiger partial charge in [-0.25, -0.2) is 8.42 Å². The van der Waals surface area contributed by atoms with Crippen LogP contribution in [0.15, 0.2) is 35.4 Å². The van der Waals surface area contributed by atoms with Crippen LogP contribution in [0.25, 0.3) is 10.9 Å². The second kappa shape index (κ2) is 3.25. The predicted molar refractivity (Wildman–Crippen MR) is 50.9 cm³/mol. The summed E-state index contributed by atoms with van der Waals surface area (Å²) in [6, 6.07) is 6.62. The molecule has 0 saturated heterocycles. The Bertz CT molecular complexity index is 622. The van der Waals surface area contributed by atoms with Crippen molar-refractivity contribution >= 4 is 21.0 Å². The maximum atomic E-state index is 11.0. The zero-order chi connectivity index (χ0) is 11.1. The topological polar surface area (TPSA) is 74.0 Å². The summed E-state index contributed by atoms with van der Waals surface area (Å²) in [6.45, 7) is 0. The number of rotatable bonds is 1. The van der Waals surface area contributed by atoms with E-state index in [1.54, 1.807) is 31.3 Å². The molecule has 0 atom stereocenters. The van der Waals surface area contributed by atoms with Crippen molar-refractivity contribution in [3.63, 3.8) is 0 Å². The van der Waals surface area contributed by atoms with Gasteiger partial charge in [-0.05, 0) is 11.2 Å². The van der Waals surface area contributed by atoms with Crippen LogP contribution in [0.5, 0.6) is 0 Å². The smallest absolute Gasteiger partial charge is 0.214 e. The molecule has 2 aromatic rings. The van der Waals surface area contributed by atoms with E-state index in [1.165, 1.54) is 10.9 Å². The SMILES string of the molecule is C[n+]1cc(S(=O)(=O)[O-])c2ccccc2n1. The molecule has 0 N–H and O–H groups in total. The molecule has 0 fully saturated rings. The molecule has 0 unspecified atom stereocenters. The molecule has 1 aromatic heterocycles. The van der Waals surface area contributed by atoms with Crippen LogP contribution in [-0.4, -0.2) is 18.1 Å². The minimum absolute atomic E-state index is 0.240. The van der Waals surface area contributed by atoms with E-state index in [-0.39, 0.29) is 4.90 Å². The highest BCUT2D eigenvalue weighted by atomic mass is 32.2. The monoisotopic (exact) mass is 224 g/mol. The van der Waals surface area contributed by atoms with Crippen LogP contribution in [0.3, 0.4) is 0 Å². The van der Waals surface area contributed by atoms with Crippen LogP contribution in [0.4, 0.5) is 0 Å². The van der Waals surface area contributed by atoms with Crippen molar-refractivity contribution in [3.8, 4) is 0 Å². The van der Waals surface area contributed by atoms with Crippen molar-refractivity contribution < 1.29 is 17.7 Å². The lowest BCUT2D eigenvalue weighted by Gasteiger charge is -2.06. The van der Waals surface area contributed by atoms with Gasteiger partial charge in [0.05, 0.1) is 0 Å². The van der Waals surface area contributed by atoms with E-state index in [9.17, 15) is 13.0 Å². The highest BCUT2D eigenvalue weighted by Gasteiger charge is 2.13. The molecule has 0 aliphatic carbocycles. The Balaban J connectivity index is 2.96. The molecule has 0 amide bonds. The molecule has 78 valence electrons. The summed E-state index contributed by atoms with van der Waals surface area (Å²) in [5.74, 6) is 0. The van der Waals surface area contributed by atoms with Crippen LogP contribution in [-0.2, 0) is 17.2 Å². The Hall–Kier alpha value is -1.53. The minimum Gasteiger partial charge on any atom is -0.744 e. The quantitative estimate of drug-likeness (QED) is 0.503. The number of hydrogen-bond acceptors (Lipinski definition) is 4. The molecular formula is C9H8N2O3S. The minimum atomic E-state index is -4.46. The van der Waals surface area contributed by atoms with Gasteiger partial charge in [0.25, 0.3) is 0 Å². The van der Waals surface area contributed by atoms with Crippen molar-refractivity contribution in [2.75, 3.05) is 0 Å². The Morgan fingerprint density at radius 3 is 2.67 bits per heavy atom. The third kappa shape index (κ3) is 1.81. The largest absolute Gasteiger partial charge is 0.744 e. The fraction of sp³-hybridized carbons (Fsp3) is 0.111. The molecule has 0 bridgehead atoms. The molecule has 2 rings (SSSR count).